The number of thioether (sulfide) groups is 1. The van der Waals surface area contributed by atoms with Crippen LogP contribution in [0.5, 0.6) is 0 Å². The van der Waals surface area contributed by atoms with Crippen LogP contribution in [0.4, 0.5) is 18.9 Å². The summed E-state index contributed by atoms with van der Waals surface area (Å²) >= 11 is 6.22. The Balaban J connectivity index is 2.13. The lowest BCUT2D eigenvalue weighted by Crippen LogP contribution is -2.15. The molecule has 0 aliphatic carbocycles. The van der Waals surface area contributed by atoms with Crippen LogP contribution in [0.3, 0.4) is 0 Å². The summed E-state index contributed by atoms with van der Waals surface area (Å²) in [4.78, 5) is 16.0. The van der Waals surface area contributed by atoms with Gasteiger partial charge in [-0.15, -0.1) is 0 Å². The van der Waals surface area contributed by atoms with E-state index >= 15 is 0 Å². The van der Waals surface area contributed by atoms with E-state index in [-0.39, 0.29) is 10.6 Å². The third-order valence-corrected chi connectivity index (χ3v) is 3.81. The number of carbonyl (C=O) groups excluding carboxylic acids is 1. The highest BCUT2D eigenvalue weighted by atomic mass is 35.5. The number of pyridine rings is 1. The van der Waals surface area contributed by atoms with Crippen LogP contribution < -0.4 is 5.32 Å². The van der Waals surface area contributed by atoms with Crippen LogP contribution in [-0.4, -0.2) is 22.8 Å². The first-order chi connectivity index (χ1) is 10.3. The van der Waals surface area contributed by atoms with Gasteiger partial charge in [0.25, 0.3) is 5.91 Å². The molecule has 0 bridgehead atoms. The van der Waals surface area contributed by atoms with Gasteiger partial charge in [0.05, 0.1) is 11.3 Å². The summed E-state index contributed by atoms with van der Waals surface area (Å²) in [6.45, 7) is 0. The normalized spacial score (nSPS) is 11.3. The number of halogens is 4. The second-order valence-corrected chi connectivity index (χ2v) is 5.62. The van der Waals surface area contributed by atoms with Crippen molar-refractivity contribution in [2.24, 2.45) is 0 Å². The molecule has 1 aromatic heterocycles. The van der Waals surface area contributed by atoms with Gasteiger partial charge in [-0.05, 0) is 36.4 Å². The van der Waals surface area contributed by atoms with Crippen molar-refractivity contribution in [1.82, 2.24) is 4.98 Å². The molecule has 1 heterocycles. The number of amides is 1. The minimum absolute atomic E-state index is 0.0336. The number of anilines is 1. The fourth-order valence-corrected chi connectivity index (χ4v) is 2.44. The number of hydrogen-bond acceptors (Lipinski definition) is 3. The number of benzene rings is 1. The molecule has 0 aliphatic heterocycles. The van der Waals surface area contributed by atoms with E-state index in [1.807, 2.05) is 0 Å². The van der Waals surface area contributed by atoms with E-state index in [1.54, 1.807) is 24.3 Å². The van der Waals surface area contributed by atoms with Gasteiger partial charge in [0.2, 0.25) is 0 Å². The molecule has 0 saturated heterocycles. The van der Waals surface area contributed by atoms with Crippen molar-refractivity contribution in [2.75, 3.05) is 11.1 Å². The van der Waals surface area contributed by atoms with Crippen LogP contribution in [0.25, 0.3) is 0 Å². The number of rotatable bonds is 4. The van der Waals surface area contributed by atoms with E-state index < -0.39 is 17.8 Å². The van der Waals surface area contributed by atoms with Gasteiger partial charge in [-0.3, -0.25) is 4.79 Å². The van der Waals surface area contributed by atoms with Gasteiger partial charge < -0.3 is 5.32 Å². The second-order valence-electron chi connectivity index (χ2n) is 4.22. The van der Waals surface area contributed by atoms with Crippen molar-refractivity contribution < 1.29 is 18.0 Å². The summed E-state index contributed by atoms with van der Waals surface area (Å²) in [6, 6.07) is 9.31. The molecule has 0 atom stereocenters. The molecule has 0 unspecified atom stereocenters. The Morgan fingerprint density at radius 2 is 1.91 bits per heavy atom. The van der Waals surface area contributed by atoms with E-state index in [9.17, 15) is 18.0 Å². The van der Waals surface area contributed by atoms with E-state index in [2.05, 4.69) is 10.3 Å². The summed E-state index contributed by atoms with van der Waals surface area (Å²) in [5.74, 6) is -1.63. The lowest BCUT2D eigenvalue weighted by atomic mass is 10.2. The van der Waals surface area contributed by atoms with Crippen LogP contribution in [0.15, 0.2) is 47.6 Å². The van der Waals surface area contributed by atoms with E-state index in [0.717, 1.165) is 0 Å². The summed E-state index contributed by atoms with van der Waals surface area (Å²) in [7, 11) is 0. The summed E-state index contributed by atoms with van der Waals surface area (Å²) in [5.41, 5.74) is 0.580. The molecule has 0 saturated carbocycles. The summed E-state index contributed by atoms with van der Waals surface area (Å²) in [6.07, 6.45) is -2.98. The van der Waals surface area contributed by atoms with E-state index in [4.69, 9.17) is 11.6 Å². The highest BCUT2D eigenvalue weighted by Crippen LogP contribution is 2.28. The molecular formula is C14H10ClF3N2OS. The Morgan fingerprint density at radius 3 is 2.55 bits per heavy atom. The Hall–Kier alpha value is -1.73. The molecule has 1 N–H and O–H groups in total. The average Bonchev–Trinajstić information content (AvgIpc) is 2.47. The van der Waals surface area contributed by atoms with Crippen molar-refractivity contribution in [3.8, 4) is 0 Å². The number of carbonyl (C=O) groups is 1. The smallest absolute Gasteiger partial charge is 0.322 e. The third kappa shape index (κ3) is 4.92. The zero-order valence-electron chi connectivity index (χ0n) is 11.0. The predicted molar refractivity (Wildman–Crippen MR) is 80.4 cm³/mol. The Kier molecular flexibility index (Phi) is 5.31. The first-order valence-electron chi connectivity index (χ1n) is 6.06. The third-order valence-electron chi connectivity index (χ3n) is 2.49. The Bertz CT molecular complexity index is 662. The maximum absolute atomic E-state index is 12.3. The molecule has 1 amide bonds. The first-order valence-corrected chi connectivity index (χ1v) is 7.43. The van der Waals surface area contributed by atoms with E-state index in [1.165, 1.54) is 18.3 Å². The van der Waals surface area contributed by atoms with Crippen molar-refractivity contribution in [3.63, 3.8) is 0 Å². The van der Waals surface area contributed by atoms with Crippen LogP contribution in [0, 0.1) is 0 Å². The molecule has 2 aromatic rings. The molecule has 8 heteroatoms. The lowest BCUT2D eigenvalue weighted by Gasteiger charge is -2.10. The number of alkyl halides is 3. The maximum atomic E-state index is 12.3. The average molecular weight is 347 g/mol. The number of nitrogens with zero attached hydrogens (tertiary/aromatic N) is 1. The Labute approximate surface area is 133 Å². The van der Waals surface area contributed by atoms with Crippen molar-refractivity contribution in [1.29, 1.82) is 0 Å². The van der Waals surface area contributed by atoms with E-state index in [0.29, 0.717) is 22.5 Å². The summed E-state index contributed by atoms with van der Waals surface area (Å²) < 4.78 is 36.9. The van der Waals surface area contributed by atoms with Crippen LogP contribution in [0.2, 0.25) is 5.02 Å². The quantitative estimate of drug-likeness (QED) is 0.820. The fraction of sp³-hybridized carbons (Fsp3) is 0.143. The molecule has 0 aliphatic rings. The van der Waals surface area contributed by atoms with Crippen molar-refractivity contribution in [3.05, 3.63) is 53.2 Å². The largest absolute Gasteiger partial charge is 0.398 e. The van der Waals surface area contributed by atoms with Crippen LogP contribution in [0.1, 0.15) is 10.4 Å². The molecule has 1 aromatic carbocycles. The maximum Gasteiger partial charge on any atom is 0.398 e. The highest BCUT2D eigenvalue weighted by Gasteiger charge is 2.28. The Morgan fingerprint density at radius 1 is 1.23 bits per heavy atom. The molecule has 0 fully saturated rings. The SMILES string of the molecule is O=C(Nc1ccc(Cl)cc1)c1cccnc1SCC(F)(F)F. The molecule has 3 nitrogen and oxygen atoms in total. The molecule has 0 spiro atoms. The summed E-state index contributed by atoms with van der Waals surface area (Å²) in [5, 5.41) is 3.14. The second kappa shape index (κ2) is 7.02. The molecule has 0 radical (unpaired) electrons. The van der Waals surface area contributed by atoms with Crippen LogP contribution >= 0.6 is 23.4 Å². The number of hydrogen-bond donors (Lipinski definition) is 1. The molecule has 116 valence electrons. The minimum Gasteiger partial charge on any atom is -0.322 e. The minimum atomic E-state index is -4.33. The standard InChI is InChI=1S/C14H10ClF3N2OS/c15-9-3-5-10(6-4-9)20-12(21)11-2-1-7-19-13(11)22-8-14(16,17)18/h1-7H,8H2,(H,20,21). The van der Waals surface area contributed by atoms with Gasteiger partial charge in [-0.2, -0.15) is 13.2 Å². The topological polar surface area (TPSA) is 42.0 Å². The van der Waals surface area contributed by atoms with Gasteiger partial charge in [-0.25, -0.2) is 4.98 Å². The first kappa shape index (κ1) is 16.6. The fourth-order valence-electron chi connectivity index (χ4n) is 1.56. The molecule has 22 heavy (non-hydrogen) atoms. The number of aromatic nitrogens is 1. The van der Waals surface area contributed by atoms with Gasteiger partial charge in [-0.1, -0.05) is 23.4 Å². The van der Waals surface area contributed by atoms with Crippen molar-refractivity contribution >= 4 is 35.0 Å². The zero-order valence-corrected chi connectivity index (χ0v) is 12.6. The molecule has 2 rings (SSSR count). The van der Waals surface area contributed by atoms with Gasteiger partial charge in [0, 0.05) is 16.9 Å². The highest BCUT2D eigenvalue weighted by molar-refractivity contribution is 7.99. The number of nitrogens with one attached hydrogen (secondary N) is 1. The lowest BCUT2D eigenvalue weighted by molar-refractivity contribution is -0.105. The van der Waals surface area contributed by atoms with Gasteiger partial charge >= 0.3 is 6.18 Å². The van der Waals surface area contributed by atoms with Gasteiger partial charge in [0.15, 0.2) is 0 Å². The van der Waals surface area contributed by atoms with Crippen LogP contribution in [-0.2, 0) is 0 Å². The predicted octanol–water partition coefficient (Wildman–Crippen LogP) is 4.64. The zero-order chi connectivity index (χ0) is 16.2. The van der Waals surface area contributed by atoms with Crippen molar-refractivity contribution in [2.45, 2.75) is 11.2 Å². The molecular weight excluding hydrogens is 337 g/mol. The van der Waals surface area contributed by atoms with Gasteiger partial charge in [0.1, 0.15) is 5.03 Å². The monoisotopic (exact) mass is 346 g/mol.